The van der Waals surface area contributed by atoms with Crippen molar-refractivity contribution in [1.82, 2.24) is 0 Å². The summed E-state index contributed by atoms with van der Waals surface area (Å²) >= 11 is 9.18. The molecule has 1 saturated carbocycles. The molecule has 1 N–H and O–H groups in total. The molecule has 14 heavy (non-hydrogen) atoms. The number of carbonyl (C=O) groups is 1. The minimum atomic E-state index is -0.711. The average molecular weight is 276 g/mol. The maximum Gasteiger partial charge on any atom is 0.307 e. The fourth-order valence-corrected chi connectivity index (χ4v) is 2.59. The van der Waals surface area contributed by atoms with Gasteiger partial charge in [-0.1, -0.05) is 33.6 Å². The molecule has 0 heterocycles. The van der Waals surface area contributed by atoms with Gasteiger partial charge in [0, 0.05) is 9.50 Å². The summed E-state index contributed by atoms with van der Waals surface area (Å²) in [6, 6.07) is 5.48. The van der Waals surface area contributed by atoms with Crippen LogP contribution in [0.25, 0.3) is 0 Å². The van der Waals surface area contributed by atoms with E-state index >= 15 is 0 Å². The van der Waals surface area contributed by atoms with Crippen LogP contribution < -0.4 is 0 Å². The molecule has 1 aliphatic rings. The van der Waals surface area contributed by atoms with Crippen LogP contribution in [0.3, 0.4) is 0 Å². The maximum absolute atomic E-state index is 10.7. The number of aliphatic carboxylic acids is 1. The number of rotatable bonds is 2. The number of hydrogen-bond donors (Lipinski definition) is 1. The Bertz CT molecular complexity index is 392. The quantitative estimate of drug-likeness (QED) is 0.899. The van der Waals surface area contributed by atoms with Crippen molar-refractivity contribution in [3.8, 4) is 0 Å². The van der Waals surface area contributed by atoms with E-state index in [1.807, 2.05) is 6.07 Å². The number of carboxylic acid groups (broad SMARTS) is 1. The van der Waals surface area contributed by atoms with Gasteiger partial charge in [-0.15, -0.1) is 0 Å². The summed E-state index contributed by atoms with van der Waals surface area (Å²) in [5, 5.41) is 9.45. The molecule has 0 bridgehead atoms. The predicted octanol–water partition coefficient (Wildman–Crippen LogP) is 3.29. The molecule has 0 aromatic heterocycles. The summed E-state index contributed by atoms with van der Waals surface area (Å²) in [6.07, 6.45) is 0.732. The van der Waals surface area contributed by atoms with E-state index in [1.54, 1.807) is 12.1 Å². The van der Waals surface area contributed by atoms with Gasteiger partial charge in [0.1, 0.15) is 0 Å². The lowest BCUT2D eigenvalue weighted by Gasteiger charge is -2.02. The number of hydrogen-bond acceptors (Lipinski definition) is 1. The Morgan fingerprint density at radius 2 is 2.29 bits per heavy atom. The highest BCUT2D eigenvalue weighted by atomic mass is 79.9. The third-order valence-corrected chi connectivity index (χ3v) is 3.39. The average Bonchev–Trinajstić information content (AvgIpc) is 2.83. The molecular weight excluding hydrogens is 267 g/mol. The van der Waals surface area contributed by atoms with E-state index < -0.39 is 5.97 Å². The van der Waals surface area contributed by atoms with Gasteiger partial charge < -0.3 is 5.11 Å². The summed E-state index contributed by atoms with van der Waals surface area (Å²) in [4.78, 5) is 10.7. The van der Waals surface area contributed by atoms with Crippen LogP contribution in [-0.4, -0.2) is 11.1 Å². The molecule has 74 valence electrons. The molecular formula is C10H8BrClO2. The number of benzene rings is 1. The highest BCUT2D eigenvalue weighted by Crippen LogP contribution is 2.49. The van der Waals surface area contributed by atoms with Gasteiger partial charge in [-0.2, -0.15) is 0 Å². The van der Waals surface area contributed by atoms with Crippen molar-refractivity contribution in [1.29, 1.82) is 0 Å². The first-order valence-electron chi connectivity index (χ1n) is 4.27. The zero-order valence-electron chi connectivity index (χ0n) is 7.21. The standard InChI is InChI=1S/C10H8BrClO2/c11-9-3-5(12)1-2-6(9)7-4-8(7)10(13)14/h1-3,7-8H,4H2,(H,13,14). The zero-order chi connectivity index (χ0) is 10.3. The SMILES string of the molecule is O=C(O)C1CC1c1ccc(Cl)cc1Br. The van der Waals surface area contributed by atoms with Gasteiger partial charge in [0.25, 0.3) is 0 Å². The van der Waals surface area contributed by atoms with Crippen LogP contribution in [-0.2, 0) is 4.79 Å². The molecule has 1 aromatic carbocycles. The van der Waals surface area contributed by atoms with Gasteiger partial charge in [0.15, 0.2) is 0 Å². The second kappa shape index (κ2) is 3.55. The molecule has 1 aliphatic carbocycles. The van der Waals surface area contributed by atoms with Crippen LogP contribution in [0.1, 0.15) is 17.9 Å². The molecule has 2 unspecified atom stereocenters. The lowest BCUT2D eigenvalue weighted by Crippen LogP contribution is -1.99. The van der Waals surface area contributed by atoms with E-state index in [4.69, 9.17) is 16.7 Å². The fourth-order valence-electron chi connectivity index (χ4n) is 1.61. The molecule has 2 nitrogen and oxygen atoms in total. The Morgan fingerprint density at radius 1 is 1.57 bits per heavy atom. The van der Waals surface area contributed by atoms with Gasteiger partial charge in [-0.05, 0) is 30.0 Å². The van der Waals surface area contributed by atoms with Gasteiger partial charge in [0.05, 0.1) is 5.92 Å². The molecule has 2 atom stereocenters. The first-order chi connectivity index (χ1) is 6.59. The highest BCUT2D eigenvalue weighted by Gasteiger charge is 2.44. The van der Waals surface area contributed by atoms with Crippen molar-refractivity contribution in [2.75, 3.05) is 0 Å². The zero-order valence-corrected chi connectivity index (χ0v) is 9.55. The van der Waals surface area contributed by atoms with Crippen LogP contribution in [0.2, 0.25) is 5.02 Å². The Kier molecular flexibility index (Phi) is 2.54. The molecule has 0 aliphatic heterocycles. The van der Waals surface area contributed by atoms with E-state index in [0.717, 1.165) is 16.5 Å². The maximum atomic E-state index is 10.7. The molecule has 0 radical (unpaired) electrons. The number of halogens is 2. The van der Waals surface area contributed by atoms with Crippen LogP contribution >= 0.6 is 27.5 Å². The van der Waals surface area contributed by atoms with Crippen molar-refractivity contribution in [3.63, 3.8) is 0 Å². The van der Waals surface area contributed by atoms with E-state index in [9.17, 15) is 4.79 Å². The summed E-state index contributed by atoms with van der Waals surface area (Å²) < 4.78 is 0.902. The first kappa shape index (κ1) is 9.99. The fraction of sp³-hybridized carbons (Fsp3) is 0.300. The lowest BCUT2D eigenvalue weighted by molar-refractivity contribution is -0.138. The van der Waals surface area contributed by atoms with Gasteiger partial charge in [-0.25, -0.2) is 0 Å². The van der Waals surface area contributed by atoms with Crippen molar-refractivity contribution in [2.24, 2.45) is 5.92 Å². The Morgan fingerprint density at radius 3 is 2.79 bits per heavy atom. The molecule has 0 saturated heterocycles. The Balaban J connectivity index is 2.23. The van der Waals surface area contributed by atoms with E-state index in [1.165, 1.54) is 0 Å². The van der Waals surface area contributed by atoms with Crippen LogP contribution in [0, 0.1) is 5.92 Å². The van der Waals surface area contributed by atoms with Crippen molar-refractivity contribution in [3.05, 3.63) is 33.3 Å². The molecule has 1 fully saturated rings. The largest absolute Gasteiger partial charge is 0.481 e. The van der Waals surface area contributed by atoms with Crippen LogP contribution in [0.15, 0.2) is 22.7 Å². The van der Waals surface area contributed by atoms with Crippen molar-refractivity contribution < 1.29 is 9.90 Å². The topological polar surface area (TPSA) is 37.3 Å². The molecule has 0 amide bonds. The lowest BCUT2D eigenvalue weighted by atomic mass is 10.1. The van der Waals surface area contributed by atoms with E-state index in [0.29, 0.717) is 5.02 Å². The second-order valence-electron chi connectivity index (χ2n) is 3.45. The summed E-state index contributed by atoms with van der Waals surface area (Å²) in [5.74, 6) is -0.775. The van der Waals surface area contributed by atoms with Crippen molar-refractivity contribution in [2.45, 2.75) is 12.3 Å². The minimum absolute atomic E-state index is 0.152. The minimum Gasteiger partial charge on any atom is -0.481 e. The van der Waals surface area contributed by atoms with Crippen LogP contribution in [0.5, 0.6) is 0 Å². The van der Waals surface area contributed by atoms with Crippen molar-refractivity contribution >= 4 is 33.5 Å². The Hall–Kier alpha value is -0.540. The van der Waals surface area contributed by atoms with Gasteiger partial charge >= 0.3 is 5.97 Å². The monoisotopic (exact) mass is 274 g/mol. The van der Waals surface area contributed by atoms with E-state index in [2.05, 4.69) is 15.9 Å². The summed E-state index contributed by atoms with van der Waals surface area (Å²) in [6.45, 7) is 0. The summed E-state index contributed by atoms with van der Waals surface area (Å²) in [5.41, 5.74) is 1.04. The molecule has 4 heteroatoms. The number of carboxylic acids is 1. The highest BCUT2D eigenvalue weighted by molar-refractivity contribution is 9.10. The second-order valence-corrected chi connectivity index (χ2v) is 4.74. The summed E-state index contributed by atoms with van der Waals surface area (Å²) in [7, 11) is 0. The first-order valence-corrected chi connectivity index (χ1v) is 5.44. The molecule has 2 rings (SSSR count). The third-order valence-electron chi connectivity index (χ3n) is 2.47. The van der Waals surface area contributed by atoms with Gasteiger partial charge in [-0.3, -0.25) is 4.79 Å². The Labute approximate surface area is 95.0 Å². The third kappa shape index (κ3) is 1.79. The molecule has 0 spiro atoms. The normalized spacial score (nSPS) is 24.7. The smallest absolute Gasteiger partial charge is 0.307 e. The van der Waals surface area contributed by atoms with Crippen LogP contribution in [0.4, 0.5) is 0 Å². The predicted molar refractivity (Wildman–Crippen MR) is 57.6 cm³/mol. The van der Waals surface area contributed by atoms with E-state index in [-0.39, 0.29) is 11.8 Å². The molecule has 1 aromatic rings. The van der Waals surface area contributed by atoms with Gasteiger partial charge in [0.2, 0.25) is 0 Å².